The lowest BCUT2D eigenvalue weighted by atomic mass is 10.2. The standard InChI is InChI=1S/C18H13N3O4S/c22-10-21(14-3-1-2-12(8-14)17-19-6-7-26-17)18(23)20-13-4-5-15-16(9-13)25-11-24-15/h1-10H,11H2,(H,20,23). The smallest absolute Gasteiger partial charge is 0.332 e. The number of hydrogen-bond donors (Lipinski definition) is 1. The van der Waals surface area contributed by atoms with Crippen LogP contribution in [0.3, 0.4) is 0 Å². The second kappa shape index (κ2) is 6.85. The number of carbonyl (C=O) groups is 2. The Hall–Kier alpha value is -3.39. The minimum absolute atomic E-state index is 0.150. The zero-order valence-electron chi connectivity index (χ0n) is 13.4. The van der Waals surface area contributed by atoms with Crippen LogP contribution in [0.2, 0.25) is 0 Å². The molecule has 0 fully saturated rings. The number of imide groups is 1. The summed E-state index contributed by atoms with van der Waals surface area (Å²) in [4.78, 5) is 29.3. The maximum atomic E-state index is 12.5. The molecule has 0 saturated heterocycles. The Kier molecular flexibility index (Phi) is 4.24. The van der Waals surface area contributed by atoms with Gasteiger partial charge in [-0.1, -0.05) is 12.1 Å². The highest BCUT2D eigenvalue weighted by Gasteiger charge is 2.18. The van der Waals surface area contributed by atoms with Gasteiger partial charge in [0, 0.05) is 28.9 Å². The molecule has 0 unspecified atom stereocenters. The summed E-state index contributed by atoms with van der Waals surface area (Å²) < 4.78 is 10.5. The third-order valence-electron chi connectivity index (χ3n) is 3.75. The van der Waals surface area contributed by atoms with Crippen molar-refractivity contribution in [2.45, 2.75) is 0 Å². The fourth-order valence-corrected chi connectivity index (χ4v) is 3.17. The van der Waals surface area contributed by atoms with Gasteiger partial charge in [-0.3, -0.25) is 4.79 Å². The molecule has 1 aliphatic heterocycles. The molecule has 0 spiro atoms. The summed E-state index contributed by atoms with van der Waals surface area (Å²) in [6.45, 7) is 0.150. The van der Waals surface area contributed by atoms with E-state index in [0.29, 0.717) is 29.3 Å². The normalized spacial score (nSPS) is 11.8. The van der Waals surface area contributed by atoms with Crippen molar-refractivity contribution in [3.8, 4) is 22.1 Å². The van der Waals surface area contributed by atoms with E-state index in [4.69, 9.17) is 9.47 Å². The van der Waals surface area contributed by atoms with Gasteiger partial charge in [-0.15, -0.1) is 11.3 Å². The molecule has 0 bridgehead atoms. The molecule has 0 radical (unpaired) electrons. The van der Waals surface area contributed by atoms with Crippen molar-refractivity contribution in [2.75, 3.05) is 17.0 Å². The van der Waals surface area contributed by atoms with Gasteiger partial charge in [0.25, 0.3) is 0 Å². The second-order valence-corrected chi connectivity index (χ2v) is 6.26. The van der Waals surface area contributed by atoms with Gasteiger partial charge in [0.15, 0.2) is 11.5 Å². The van der Waals surface area contributed by atoms with Crippen molar-refractivity contribution >= 4 is 35.2 Å². The molecule has 3 aromatic rings. The third kappa shape index (κ3) is 3.09. The zero-order valence-corrected chi connectivity index (χ0v) is 14.2. The van der Waals surface area contributed by atoms with E-state index in [9.17, 15) is 9.59 Å². The van der Waals surface area contributed by atoms with Gasteiger partial charge in [-0.25, -0.2) is 14.7 Å². The molecule has 0 saturated carbocycles. The van der Waals surface area contributed by atoms with Gasteiger partial charge in [0.2, 0.25) is 13.2 Å². The van der Waals surface area contributed by atoms with Crippen LogP contribution in [0.25, 0.3) is 10.6 Å². The summed E-state index contributed by atoms with van der Waals surface area (Å²) in [5.74, 6) is 1.16. The molecule has 7 nitrogen and oxygen atoms in total. The molecular weight excluding hydrogens is 354 g/mol. The average Bonchev–Trinajstić information content (AvgIpc) is 3.34. The quantitative estimate of drug-likeness (QED) is 0.711. The van der Waals surface area contributed by atoms with E-state index >= 15 is 0 Å². The number of amides is 3. The van der Waals surface area contributed by atoms with Crippen LogP contribution in [0.1, 0.15) is 0 Å². The first-order chi connectivity index (χ1) is 12.7. The number of rotatable bonds is 4. The third-order valence-corrected chi connectivity index (χ3v) is 4.57. The fourth-order valence-electron chi connectivity index (χ4n) is 2.54. The van der Waals surface area contributed by atoms with Gasteiger partial charge in [0.1, 0.15) is 5.01 Å². The van der Waals surface area contributed by atoms with Crippen molar-refractivity contribution in [3.63, 3.8) is 0 Å². The Balaban J connectivity index is 1.56. The molecule has 2 aromatic carbocycles. The molecule has 1 N–H and O–H groups in total. The maximum Gasteiger partial charge on any atom is 0.332 e. The minimum atomic E-state index is -0.574. The molecule has 1 aliphatic rings. The number of urea groups is 1. The lowest BCUT2D eigenvalue weighted by molar-refractivity contribution is -0.106. The predicted octanol–water partition coefficient (Wildman–Crippen LogP) is 3.73. The summed E-state index contributed by atoms with van der Waals surface area (Å²) in [6.07, 6.45) is 2.18. The first kappa shape index (κ1) is 16.1. The van der Waals surface area contributed by atoms with Crippen molar-refractivity contribution in [3.05, 3.63) is 54.0 Å². The summed E-state index contributed by atoms with van der Waals surface area (Å²) in [5.41, 5.74) is 1.79. The Morgan fingerprint density at radius 1 is 1.19 bits per heavy atom. The number of benzene rings is 2. The number of hydrogen-bond acceptors (Lipinski definition) is 6. The summed E-state index contributed by atoms with van der Waals surface area (Å²) in [6, 6.07) is 11.5. The van der Waals surface area contributed by atoms with Crippen LogP contribution in [0.15, 0.2) is 54.0 Å². The lowest BCUT2D eigenvalue weighted by Crippen LogP contribution is -2.33. The Labute approximate surface area is 152 Å². The SMILES string of the molecule is O=CN(C(=O)Nc1ccc2c(c1)OCO2)c1cccc(-c2nccs2)c1. The Bertz CT molecular complexity index is 959. The summed E-state index contributed by atoms with van der Waals surface area (Å²) >= 11 is 1.48. The van der Waals surface area contributed by atoms with E-state index in [2.05, 4.69) is 10.3 Å². The number of nitrogens with zero attached hydrogens (tertiary/aromatic N) is 2. The lowest BCUT2D eigenvalue weighted by Gasteiger charge is -2.17. The van der Waals surface area contributed by atoms with Crippen LogP contribution in [0.5, 0.6) is 11.5 Å². The van der Waals surface area contributed by atoms with Gasteiger partial charge in [0.05, 0.1) is 5.69 Å². The predicted molar refractivity (Wildman–Crippen MR) is 97.7 cm³/mol. The van der Waals surface area contributed by atoms with Crippen LogP contribution in [-0.4, -0.2) is 24.2 Å². The Morgan fingerprint density at radius 2 is 2.08 bits per heavy atom. The van der Waals surface area contributed by atoms with Gasteiger partial charge < -0.3 is 14.8 Å². The molecule has 3 amide bonds. The van der Waals surface area contributed by atoms with Crippen LogP contribution in [0, 0.1) is 0 Å². The number of ether oxygens (including phenoxy) is 2. The first-order valence-electron chi connectivity index (χ1n) is 7.70. The number of anilines is 2. The van der Waals surface area contributed by atoms with Crippen molar-refractivity contribution < 1.29 is 19.1 Å². The molecule has 8 heteroatoms. The maximum absolute atomic E-state index is 12.5. The number of carbonyl (C=O) groups excluding carboxylic acids is 2. The number of nitrogens with one attached hydrogen (secondary N) is 1. The minimum Gasteiger partial charge on any atom is -0.454 e. The van der Waals surface area contributed by atoms with Crippen molar-refractivity contribution in [2.24, 2.45) is 0 Å². The van der Waals surface area contributed by atoms with Gasteiger partial charge in [-0.2, -0.15) is 0 Å². The number of thiazole rings is 1. The molecule has 130 valence electrons. The summed E-state index contributed by atoms with van der Waals surface area (Å²) in [5, 5.41) is 5.36. The van der Waals surface area contributed by atoms with Crippen LogP contribution < -0.4 is 19.7 Å². The van der Waals surface area contributed by atoms with Crippen LogP contribution in [-0.2, 0) is 4.79 Å². The van der Waals surface area contributed by atoms with E-state index in [-0.39, 0.29) is 6.79 Å². The summed E-state index contributed by atoms with van der Waals surface area (Å²) in [7, 11) is 0. The highest BCUT2D eigenvalue weighted by molar-refractivity contribution is 7.13. The largest absolute Gasteiger partial charge is 0.454 e. The van der Waals surface area contributed by atoms with E-state index in [1.165, 1.54) is 11.3 Å². The molecular formula is C18H13N3O4S. The highest BCUT2D eigenvalue weighted by atomic mass is 32.1. The van der Waals surface area contributed by atoms with Crippen molar-refractivity contribution in [1.29, 1.82) is 0 Å². The van der Waals surface area contributed by atoms with Crippen LogP contribution >= 0.6 is 11.3 Å². The Morgan fingerprint density at radius 3 is 2.88 bits per heavy atom. The monoisotopic (exact) mass is 367 g/mol. The first-order valence-corrected chi connectivity index (χ1v) is 8.57. The molecule has 4 rings (SSSR count). The van der Waals surface area contributed by atoms with Gasteiger partial charge >= 0.3 is 6.03 Å². The van der Waals surface area contributed by atoms with Gasteiger partial charge in [-0.05, 0) is 24.3 Å². The zero-order chi connectivity index (χ0) is 17.9. The molecule has 1 aromatic heterocycles. The average molecular weight is 367 g/mol. The van der Waals surface area contributed by atoms with Crippen molar-refractivity contribution in [1.82, 2.24) is 4.98 Å². The second-order valence-electron chi connectivity index (χ2n) is 5.36. The van der Waals surface area contributed by atoms with Crippen LogP contribution in [0.4, 0.5) is 16.2 Å². The fraction of sp³-hybridized carbons (Fsp3) is 0.0556. The molecule has 0 aliphatic carbocycles. The number of fused-ring (bicyclic) bond motifs is 1. The molecule has 2 heterocycles. The van der Waals surface area contributed by atoms with E-state index in [0.717, 1.165) is 15.5 Å². The highest BCUT2D eigenvalue weighted by Crippen LogP contribution is 2.34. The molecule has 0 atom stereocenters. The number of aromatic nitrogens is 1. The van der Waals surface area contributed by atoms with E-state index < -0.39 is 6.03 Å². The topological polar surface area (TPSA) is 80.8 Å². The molecule has 26 heavy (non-hydrogen) atoms. The van der Waals surface area contributed by atoms with E-state index in [1.54, 1.807) is 42.6 Å². The van der Waals surface area contributed by atoms with E-state index in [1.807, 2.05) is 11.4 Å².